The van der Waals surface area contributed by atoms with Gasteiger partial charge in [0, 0.05) is 24.4 Å². The average molecular weight is 249 g/mol. The zero-order valence-corrected chi connectivity index (χ0v) is 8.58. The molecule has 1 atom stereocenters. The highest BCUT2D eigenvalue weighted by molar-refractivity contribution is 5.67. The summed E-state index contributed by atoms with van der Waals surface area (Å²) in [5.74, 6) is -5.50. The van der Waals surface area contributed by atoms with Crippen molar-refractivity contribution in [1.82, 2.24) is 0 Å². The van der Waals surface area contributed by atoms with Crippen molar-refractivity contribution in [3.8, 4) is 0 Å². The first-order chi connectivity index (χ1) is 7.90. The molecular formula is C10H10F3NO3. The molecule has 1 unspecified atom stereocenters. The van der Waals surface area contributed by atoms with Crippen molar-refractivity contribution in [3.05, 3.63) is 29.6 Å². The van der Waals surface area contributed by atoms with Crippen molar-refractivity contribution in [2.75, 3.05) is 11.9 Å². The molecule has 0 aliphatic rings. The van der Waals surface area contributed by atoms with Crippen LogP contribution in [0.4, 0.5) is 18.9 Å². The van der Waals surface area contributed by atoms with Gasteiger partial charge < -0.3 is 15.5 Å². The number of nitrogens with one attached hydrogen (secondary N) is 1. The number of carbonyl (C=O) groups is 1. The maximum absolute atomic E-state index is 12.8. The van der Waals surface area contributed by atoms with Gasteiger partial charge in [0.25, 0.3) is 0 Å². The molecule has 0 saturated carbocycles. The Hall–Kier alpha value is -1.76. The van der Waals surface area contributed by atoms with Gasteiger partial charge in [0.05, 0.1) is 12.5 Å². The van der Waals surface area contributed by atoms with E-state index >= 15 is 0 Å². The van der Waals surface area contributed by atoms with Gasteiger partial charge in [-0.2, -0.15) is 0 Å². The van der Waals surface area contributed by atoms with Crippen LogP contribution in [0.5, 0.6) is 0 Å². The molecule has 1 rings (SSSR count). The van der Waals surface area contributed by atoms with Crippen molar-refractivity contribution in [2.24, 2.45) is 0 Å². The van der Waals surface area contributed by atoms with Gasteiger partial charge in [0.2, 0.25) is 0 Å². The number of benzene rings is 1. The van der Waals surface area contributed by atoms with E-state index in [9.17, 15) is 18.0 Å². The van der Waals surface area contributed by atoms with Crippen molar-refractivity contribution < 1.29 is 28.2 Å². The zero-order chi connectivity index (χ0) is 13.0. The number of rotatable bonds is 5. The van der Waals surface area contributed by atoms with Crippen LogP contribution in [-0.2, 0) is 4.79 Å². The molecule has 0 heterocycles. The van der Waals surface area contributed by atoms with Crippen molar-refractivity contribution in [1.29, 1.82) is 0 Å². The fourth-order valence-electron chi connectivity index (χ4n) is 1.17. The highest BCUT2D eigenvalue weighted by Gasteiger charge is 2.12. The van der Waals surface area contributed by atoms with Crippen LogP contribution < -0.4 is 5.32 Å². The monoisotopic (exact) mass is 249 g/mol. The number of aliphatic carboxylic acids is 1. The lowest BCUT2D eigenvalue weighted by atomic mass is 10.2. The van der Waals surface area contributed by atoms with Gasteiger partial charge in [-0.25, -0.2) is 13.2 Å². The number of hydrogen-bond acceptors (Lipinski definition) is 3. The number of aliphatic hydroxyl groups excluding tert-OH is 1. The van der Waals surface area contributed by atoms with Crippen LogP contribution in [0.1, 0.15) is 6.42 Å². The van der Waals surface area contributed by atoms with Crippen LogP contribution in [0, 0.1) is 17.5 Å². The van der Waals surface area contributed by atoms with Crippen LogP contribution >= 0.6 is 0 Å². The molecule has 1 aromatic rings. The number of hydrogen-bond donors (Lipinski definition) is 3. The second-order valence-corrected chi connectivity index (χ2v) is 3.39. The second-order valence-electron chi connectivity index (χ2n) is 3.39. The van der Waals surface area contributed by atoms with E-state index < -0.39 is 35.9 Å². The molecule has 0 aromatic heterocycles. The van der Waals surface area contributed by atoms with Crippen molar-refractivity contribution in [2.45, 2.75) is 12.5 Å². The van der Waals surface area contributed by atoms with Crippen molar-refractivity contribution in [3.63, 3.8) is 0 Å². The third-order valence-corrected chi connectivity index (χ3v) is 1.94. The largest absolute Gasteiger partial charge is 0.481 e. The zero-order valence-electron chi connectivity index (χ0n) is 8.58. The number of anilines is 1. The summed E-state index contributed by atoms with van der Waals surface area (Å²) in [6.45, 7) is -0.211. The Balaban J connectivity index is 2.61. The SMILES string of the molecule is O=C(O)CC(O)CNc1cc(F)c(F)c(F)c1. The van der Waals surface area contributed by atoms with Crippen LogP contribution in [0.3, 0.4) is 0 Å². The van der Waals surface area contributed by atoms with Gasteiger partial charge in [-0.1, -0.05) is 0 Å². The summed E-state index contributed by atoms with van der Waals surface area (Å²) < 4.78 is 38.1. The minimum atomic E-state index is -1.58. The lowest BCUT2D eigenvalue weighted by molar-refractivity contribution is -0.138. The number of carboxylic acid groups (broad SMARTS) is 1. The van der Waals surface area contributed by atoms with E-state index in [1.54, 1.807) is 0 Å². The minimum absolute atomic E-state index is 0.0779. The molecule has 0 aliphatic heterocycles. The molecular weight excluding hydrogens is 239 g/mol. The summed E-state index contributed by atoms with van der Waals surface area (Å²) in [6.07, 6.45) is -1.71. The van der Waals surface area contributed by atoms with E-state index in [-0.39, 0.29) is 12.2 Å². The molecule has 7 heteroatoms. The highest BCUT2D eigenvalue weighted by atomic mass is 19.2. The fraction of sp³-hybridized carbons (Fsp3) is 0.300. The molecule has 0 spiro atoms. The third-order valence-electron chi connectivity index (χ3n) is 1.94. The first kappa shape index (κ1) is 13.3. The molecule has 0 bridgehead atoms. The fourth-order valence-corrected chi connectivity index (χ4v) is 1.17. The quantitative estimate of drug-likeness (QED) is 0.689. The summed E-state index contributed by atoms with van der Waals surface area (Å²) >= 11 is 0. The summed E-state index contributed by atoms with van der Waals surface area (Å²) in [5.41, 5.74) is -0.0779. The maximum atomic E-state index is 12.8. The summed E-state index contributed by atoms with van der Waals surface area (Å²) in [4.78, 5) is 10.2. The Morgan fingerprint density at radius 3 is 2.29 bits per heavy atom. The number of halogens is 3. The molecule has 0 saturated heterocycles. The van der Waals surface area contributed by atoms with E-state index in [0.717, 1.165) is 0 Å². The first-order valence-corrected chi connectivity index (χ1v) is 4.68. The van der Waals surface area contributed by atoms with Gasteiger partial charge in [-0.05, 0) is 0 Å². The van der Waals surface area contributed by atoms with E-state index in [4.69, 9.17) is 10.2 Å². The van der Waals surface area contributed by atoms with E-state index in [0.29, 0.717) is 12.1 Å². The standard InChI is InChI=1S/C10H10F3NO3/c11-7-1-5(2-8(12)10(7)13)14-4-6(15)3-9(16)17/h1-2,6,14-15H,3-4H2,(H,16,17). The molecule has 4 nitrogen and oxygen atoms in total. The van der Waals surface area contributed by atoms with Crippen molar-refractivity contribution >= 4 is 11.7 Å². The lowest BCUT2D eigenvalue weighted by Gasteiger charge is -2.11. The van der Waals surface area contributed by atoms with Gasteiger partial charge in [-0.15, -0.1) is 0 Å². The van der Waals surface area contributed by atoms with E-state index in [1.807, 2.05) is 0 Å². The predicted molar refractivity (Wildman–Crippen MR) is 53.1 cm³/mol. The van der Waals surface area contributed by atoms with Crippen LogP contribution in [0.25, 0.3) is 0 Å². The van der Waals surface area contributed by atoms with E-state index in [1.165, 1.54) is 0 Å². The smallest absolute Gasteiger partial charge is 0.306 e. The van der Waals surface area contributed by atoms with E-state index in [2.05, 4.69) is 5.32 Å². The van der Waals surface area contributed by atoms with Gasteiger partial charge in [0.15, 0.2) is 17.5 Å². The maximum Gasteiger partial charge on any atom is 0.306 e. The van der Waals surface area contributed by atoms with Crippen LogP contribution in [-0.4, -0.2) is 28.8 Å². The third kappa shape index (κ3) is 3.95. The van der Waals surface area contributed by atoms with Gasteiger partial charge >= 0.3 is 5.97 Å². The molecule has 0 radical (unpaired) electrons. The topological polar surface area (TPSA) is 69.6 Å². The predicted octanol–water partition coefficient (Wildman–Crippen LogP) is 1.35. The van der Waals surface area contributed by atoms with Crippen LogP contribution in [0.2, 0.25) is 0 Å². The van der Waals surface area contributed by atoms with Gasteiger partial charge in [0.1, 0.15) is 0 Å². The summed E-state index contributed by atoms with van der Waals surface area (Å²) in [6, 6.07) is 1.43. The normalized spacial score (nSPS) is 12.2. The molecule has 0 amide bonds. The molecule has 0 aliphatic carbocycles. The molecule has 94 valence electrons. The Labute approximate surface area is 94.7 Å². The van der Waals surface area contributed by atoms with Gasteiger partial charge in [-0.3, -0.25) is 4.79 Å². The number of aliphatic hydroxyl groups is 1. The Bertz CT molecular complexity index is 402. The molecule has 1 aromatic carbocycles. The first-order valence-electron chi connectivity index (χ1n) is 4.68. The average Bonchev–Trinajstić information content (AvgIpc) is 2.22. The number of carboxylic acids is 1. The highest BCUT2D eigenvalue weighted by Crippen LogP contribution is 2.17. The van der Waals surface area contributed by atoms with Crippen LogP contribution in [0.15, 0.2) is 12.1 Å². The molecule has 3 N–H and O–H groups in total. The summed E-state index contributed by atoms with van der Waals surface area (Å²) in [7, 11) is 0. The Morgan fingerprint density at radius 2 is 1.82 bits per heavy atom. The molecule has 0 fully saturated rings. The lowest BCUT2D eigenvalue weighted by Crippen LogP contribution is -2.22. The summed E-state index contributed by atoms with van der Waals surface area (Å²) in [5, 5.41) is 19.9. The molecule has 17 heavy (non-hydrogen) atoms. The second kappa shape index (κ2) is 5.53. The Morgan fingerprint density at radius 1 is 1.29 bits per heavy atom. The minimum Gasteiger partial charge on any atom is -0.481 e. The Kier molecular flexibility index (Phi) is 4.33.